The smallest absolute Gasteiger partial charge is 0.264 e. The number of anilines is 1. The molecular weight excluding hydrogens is 337 g/mol. The van der Waals surface area contributed by atoms with Crippen molar-refractivity contribution in [2.45, 2.75) is 6.92 Å². The third-order valence-corrected chi connectivity index (χ3v) is 3.46. The zero-order valence-corrected chi connectivity index (χ0v) is 13.1. The number of carbonyl (C=O) groups excluding carboxylic acids is 1. The van der Waals surface area contributed by atoms with Gasteiger partial charge in [-0.25, -0.2) is 4.39 Å². The van der Waals surface area contributed by atoms with Gasteiger partial charge in [0.2, 0.25) is 0 Å². The third kappa shape index (κ3) is 4.29. The van der Waals surface area contributed by atoms with Crippen molar-refractivity contribution in [1.29, 1.82) is 0 Å². The second-order valence-electron chi connectivity index (χ2n) is 4.36. The van der Waals surface area contributed by atoms with Crippen LogP contribution in [-0.4, -0.2) is 19.1 Å². The van der Waals surface area contributed by atoms with Crippen LogP contribution in [0.5, 0.6) is 5.75 Å². The van der Waals surface area contributed by atoms with Crippen LogP contribution in [0.2, 0.25) is 0 Å². The molecule has 0 aliphatic carbocycles. The molecule has 0 aliphatic heterocycles. The number of nitrogens with zero attached hydrogens (tertiary/aromatic N) is 1. The predicted molar refractivity (Wildman–Crippen MR) is 84.1 cm³/mol. The van der Waals surface area contributed by atoms with E-state index in [4.69, 9.17) is 4.74 Å². The molecule has 0 spiro atoms. The van der Waals surface area contributed by atoms with Crippen molar-refractivity contribution in [2.75, 3.05) is 18.1 Å². The first-order valence-corrected chi connectivity index (χ1v) is 7.33. The summed E-state index contributed by atoms with van der Waals surface area (Å²) in [6, 6.07) is 13.1. The van der Waals surface area contributed by atoms with E-state index >= 15 is 0 Å². The van der Waals surface area contributed by atoms with Crippen LogP contribution in [0.25, 0.3) is 0 Å². The van der Waals surface area contributed by atoms with Crippen molar-refractivity contribution in [1.82, 2.24) is 0 Å². The zero-order valence-electron chi connectivity index (χ0n) is 11.6. The second kappa shape index (κ2) is 7.22. The Kier molecular flexibility index (Phi) is 5.33. The van der Waals surface area contributed by atoms with Crippen LogP contribution in [0.1, 0.15) is 6.92 Å². The van der Waals surface area contributed by atoms with E-state index in [0.29, 0.717) is 18.0 Å². The molecule has 0 aliphatic rings. The summed E-state index contributed by atoms with van der Waals surface area (Å²) in [5, 5.41) is 0. The van der Waals surface area contributed by atoms with Gasteiger partial charge >= 0.3 is 0 Å². The first-order chi connectivity index (χ1) is 10.1. The lowest BCUT2D eigenvalue weighted by molar-refractivity contribution is -0.120. The molecule has 5 heteroatoms. The lowest BCUT2D eigenvalue weighted by Gasteiger charge is -2.21. The van der Waals surface area contributed by atoms with Gasteiger partial charge in [-0.1, -0.05) is 15.9 Å². The summed E-state index contributed by atoms with van der Waals surface area (Å²) in [4.78, 5) is 13.8. The molecule has 0 heterocycles. The first kappa shape index (κ1) is 15.5. The summed E-state index contributed by atoms with van der Waals surface area (Å²) in [6.45, 7) is 2.29. The minimum absolute atomic E-state index is 0.0626. The number of halogens is 2. The Hall–Kier alpha value is -1.88. The van der Waals surface area contributed by atoms with Gasteiger partial charge in [-0.05, 0) is 55.5 Å². The van der Waals surface area contributed by atoms with Gasteiger partial charge in [-0.3, -0.25) is 4.79 Å². The molecule has 0 aromatic heterocycles. The van der Waals surface area contributed by atoms with Crippen molar-refractivity contribution in [2.24, 2.45) is 0 Å². The van der Waals surface area contributed by atoms with E-state index in [0.717, 1.165) is 4.47 Å². The summed E-state index contributed by atoms with van der Waals surface area (Å²) in [7, 11) is 0. The Morgan fingerprint density at radius 3 is 2.33 bits per heavy atom. The van der Waals surface area contributed by atoms with Gasteiger partial charge in [0.05, 0.1) is 0 Å². The summed E-state index contributed by atoms with van der Waals surface area (Å²) >= 11 is 3.33. The molecule has 0 bridgehead atoms. The van der Waals surface area contributed by atoms with Crippen molar-refractivity contribution in [3.8, 4) is 5.75 Å². The molecule has 0 radical (unpaired) electrons. The van der Waals surface area contributed by atoms with Crippen LogP contribution in [0.3, 0.4) is 0 Å². The number of amides is 1. The molecule has 2 aromatic carbocycles. The highest BCUT2D eigenvalue weighted by Gasteiger charge is 2.14. The number of likely N-dealkylation sites (N-methyl/N-ethyl adjacent to an activating group) is 1. The van der Waals surface area contributed by atoms with Crippen LogP contribution in [0, 0.1) is 5.82 Å². The van der Waals surface area contributed by atoms with Crippen LogP contribution in [0.4, 0.5) is 10.1 Å². The lowest BCUT2D eigenvalue weighted by Crippen LogP contribution is -2.34. The molecule has 2 aromatic rings. The third-order valence-electron chi connectivity index (χ3n) is 2.93. The van der Waals surface area contributed by atoms with E-state index in [1.165, 1.54) is 12.1 Å². The highest BCUT2D eigenvalue weighted by Crippen LogP contribution is 2.18. The summed E-state index contributed by atoms with van der Waals surface area (Å²) in [5.74, 6) is 0.127. The predicted octanol–water partition coefficient (Wildman–Crippen LogP) is 4.02. The molecular formula is C16H15BrFNO2. The summed E-state index contributed by atoms with van der Waals surface area (Å²) in [6.07, 6.45) is 0. The first-order valence-electron chi connectivity index (χ1n) is 6.54. The van der Waals surface area contributed by atoms with Gasteiger partial charge in [0.1, 0.15) is 11.6 Å². The zero-order chi connectivity index (χ0) is 15.2. The average molecular weight is 352 g/mol. The maximum Gasteiger partial charge on any atom is 0.264 e. The highest BCUT2D eigenvalue weighted by molar-refractivity contribution is 9.10. The van der Waals surface area contributed by atoms with Gasteiger partial charge in [-0.2, -0.15) is 0 Å². The minimum Gasteiger partial charge on any atom is -0.484 e. The molecule has 1 amide bonds. The Labute approximate surface area is 131 Å². The Morgan fingerprint density at radius 2 is 1.76 bits per heavy atom. The van der Waals surface area contributed by atoms with Crippen molar-refractivity contribution < 1.29 is 13.9 Å². The quantitative estimate of drug-likeness (QED) is 0.814. The molecule has 110 valence electrons. The SMILES string of the molecule is CCN(C(=O)COc1ccc(Br)cc1)c1ccc(F)cc1. The molecule has 3 nitrogen and oxygen atoms in total. The Balaban J connectivity index is 2.00. The van der Waals surface area contributed by atoms with Crippen molar-refractivity contribution in [3.63, 3.8) is 0 Å². The fourth-order valence-corrected chi connectivity index (χ4v) is 2.14. The highest BCUT2D eigenvalue weighted by atomic mass is 79.9. The Morgan fingerprint density at radius 1 is 1.14 bits per heavy atom. The standard InChI is InChI=1S/C16H15BrFNO2/c1-2-19(14-7-5-13(18)6-8-14)16(20)11-21-15-9-3-12(17)4-10-15/h3-10H,2,11H2,1H3. The van der Waals surface area contributed by atoms with Crippen molar-refractivity contribution in [3.05, 3.63) is 58.8 Å². The molecule has 0 unspecified atom stereocenters. The average Bonchev–Trinajstić information content (AvgIpc) is 2.49. The molecule has 0 saturated heterocycles. The summed E-state index contributed by atoms with van der Waals surface area (Å²) in [5.41, 5.74) is 0.656. The van der Waals surface area contributed by atoms with E-state index in [1.54, 1.807) is 29.2 Å². The molecule has 0 atom stereocenters. The van der Waals surface area contributed by atoms with Gasteiger partial charge in [0, 0.05) is 16.7 Å². The largest absolute Gasteiger partial charge is 0.484 e. The fraction of sp³-hybridized carbons (Fsp3) is 0.188. The lowest BCUT2D eigenvalue weighted by atomic mass is 10.2. The van der Waals surface area contributed by atoms with Crippen LogP contribution in [0.15, 0.2) is 53.0 Å². The van der Waals surface area contributed by atoms with Crippen molar-refractivity contribution >= 4 is 27.5 Å². The number of benzene rings is 2. The topological polar surface area (TPSA) is 29.5 Å². The van der Waals surface area contributed by atoms with Gasteiger partial charge in [-0.15, -0.1) is 0 Å². The van der Waals surface area contributed by atoms with Crippen LogP contribution in [-0.2, 0) is 4.79 Å². The minimum atomic E-state index is -0.326. The number of carbonyl (C=O) groups is 1. The maximum atomic E-state index is 12.9. The van der Waals surface area contributed by atoms with Crippen LogP contribution < -0.4 is 9.64 Å². The number of rotatable bonds is 5. The van der Waals surface area contributed by atoms with E-state index in [1.807, 2.05) is 19.1 Å². The molecule has 2 rings (SSSR count). The van der Waals surface area contributed by atoms with E-state index in [2.05, 4.69) is 15.9 Å². The normalized spacial score (nSPS) is 10.2. The Bertz CT molecular complexity index is 599. The number of hydrogen-bond donors (Lipinski definition) is 0. The molecule has 0 fully saturated rings. The molecule has 0 saturated carbocycles. The van der Waals surface area contributed by atoms with Crippen LogP contribution >= 0.6 is 15.9 Å². The van der Waals surface area contributed by atoms with E-state index < -0.39 is 0 Å². The molecule has 0 N–H and O–H groups in total. The second-order valence-corrected chi connectivity index (χ2v) is 5.27. The fourth-order valence-electron chi connectivity index (χ4n) is 1.88. The van der Waals surface area contributed by atoms with E-state index in [9.17, 15) is 9.18 Å². The van der Waals surface area contributed by atoms with Gasteiger partial charge < -0.3 is 9.64 Å². The maximum absolute atomic E-state index is 12.9. The monoisotopic (exact) mass is 351 g/mol. The number of ether oxygens (including phenoxy) is 1. The van der Waals surface area contributed by atoms with Gasteiger partial charge in [0.15, 0.2) is 6.61 Å². The van der Waals surface area contributed by atoms with E-state index in [-0.39, 0.29) is 18.3 Å². The summed E-state index contributed by atoms with van der Waals surface area (Å²) < 4.78 is 19.3. The molecule has 21 heavy (non-hydrogen) atoms. The van der Waals surface area contributed by atoms with Gasteiger partial charge in [0.25, 0.3) is 5.91 Å². The number of hydrogen-bond acceptors (Lipinski definition) is 2.